The van der Waals surface area contributed by atoms with Crippen LogP contribution in [0, 0.1) is 5.92 Å². The lowest BCUT2D eigenvalue weighted by atomic mass is 9.99. The zero-order chi connectivity index (χ0) is 13.9. The van der Waals surface area contributed by atoms with Gasteiger partial charge in [0, 0.05) is 6.54 Å². The fraction of sp³-hybridized carbons (Fsp3) is 0.600. The normalized spacial score (nSPS) is 18.7. The smallest absolute Gasteiger partial charge is 0.303 e. The first-order chi connectivity index (χ1) is 8.95. The zero-order valence-corrected chi connectivity index (χ0v) is 11.2. The fourth-order valence-corrected chi connectivity index (χ4v) is 2.70. The van der Waals surface area contributed by atoms with Gasteiger partial charge in [-0.1, -0.05) is 19.1 Å². The van der Waals surface area contributed by atoms with Gasteiger partial charge in [0.1, 0.15) is 0 Å². The summed E-state index contributed by atoms with van der Waals surface area (Å²) < 4.78 is 37.3. The third-order valence-corrected chi connectivity index (χ3v) is 3.63. The molecule has 0 N–H and O–H groups in total. The second-order valence-electron chi connectivity index (χ2n) is 5.51. The number of hydrogen-bond acceptors (Lipinski definition) is 1. The van der Waals surface area contributed by atoms with Crippen LogP contribution in [0.4, 0.5) is 13.2 Å². The first kappa shape index (κ1) is 14.4. The van der Waals surface area contributed by atoms with Crippen LogP contribution < -0.4 is 0 Å². The van der Waals surface area contributed by atoms with Crippen molar-refractivity contribution in [3.8, 4) is 0 Å². The van der Waals surface area contributed by atoms with Gasteiger partial charge in [0.2, 0.25) is 0 Å². The lowest BCUT2D eigenvalue weighted by Gasteiger charge is -2.20. The zero-order valence-electron chi connectivity index (χ0n) is 11.2. The molecule has 1 atom stereocenters. The van der Waals surface area contributed by atoms with Gasteiger partial charge in [0.15, 0.2) is 0 Å². The van der Waals surface area contributed by atoms with Crippen molar-refractivity contribution in [1.29, 1.82) is 0 Å². The van der Waals surface area contributed by atoms with Crippen LogP contribution in [0.15, 0.2) is 24.3 Å². The van der Waals surface area contributed by atoms with Crippen LogP contribution in [0.3, 0.4) is 0 Å². The molecule has 1 aliphatic rings. The molecule has 106 valence electrons. The summed E-state index contributed by atoms with van der Waals surface area (Å²) in [7, 11) is 0. The second-order valence-corrected chi connectivity index (χ2v) is 5.51. The Morgan fingerprint density at radius 2 is 1.68 bits per heavy atom. The van der Waals surface area contributed by atoms with E-state index in [0.29, 0.717) is 5.92 Å². The maximum atomic E-state index is 12.4. The molecule has 1 unspecified atom stereocenters. The third-order valence-electron chi connectivity index (χ3n) is 3.63. The maximum absolute atomic E-state index is 12.4. The lowest BCUT2D eigenvalue weighted by Crippen LogP contribution is -2.26. The van der Waals surface area contributed by atoms with Crippen molar-refractivity contribution in [2.45, 2.75) is 32.4 Å². The molecule has 0 bridgehead atoms. The predicted molar refractivity (Wildman–Crippen MR) is 70.0 cm³/mol. The van der Waals surface area contributed by atoms with Crippen molar-refractivity contribution in [1.82, 2.24) is 4.90 Å². The molecule has 19 heavy (non-hydrogen) atoms. The summed E-state index contributed by atoms with van der Waals surface area (Å²) in [5.41, 5.74) is 0.420. The topological polar surface area (TPSA) is 3.24 Å². The molecule has 0 amide bonds. The van der Waals surface area contributed by atoms with E-state index in [1.807, 2.05) is 0 Å². The summed E-state index contributed by atoms with van der Waals surface area (Å²) in [5.74, 6) is 0.481. The van der Waals surface area contributed by atoms with E-state index in [0.717, 1.165) is 31.6 Å². The molecule has 1 aliphatic heterocycles. The molecule has 0 aromatic heterocycles. The Bertz CT molecular complexity index is 391. The van der Waals surface area contributed by atoms with Gasteiger partial charge in [-0.15, -0.1) is 0 Å². The number of nitrogens with zero attached hydrogens (tertiary/aromatic N) is 1. The highest BCUT2D eigenvalue weighted by Crippen LogP contribution is 2.29. The Morgan fingerprint density at radius 1 is 1.11 bits per heavy atom. The predicted octanol–water partition coefficient (Wildman–Crippen LogP) is 3.98. The van der Waals surface area contributed by atoms with E-state index in [1.165, 1.54) is 25.0 Å². The van der Waals surface area contributed by atoms with Gasteiger partial charge in [-0.25, -0.2) is 0 Å². The number of likely N-dealkylation sites (tertiary alicyclic amines) is 1. The average molecular weight is 271 g/mol. The molecule has 1 aromatic rings. The monoisotopic (exact) mass is 271 g/mol. The van der Waals surface area contributed by atoms with Crippen LogP contribution in [0.1, 0.15) is 30.9 Å². The summed E-state index contributed by atoms with van der Waals surface area (Å²) in [4.78, 5) is 2.44. The first-order valence-electron chi connectivity index (χ1n) is 6.83. The number of alkyl halides is 3. The van der Waals surface area contributed by atoms with E-state index in [2.05, 4.69) is 11.8 Å². The molecule has 0 saturated carbocycles. The van der Waals surface area contributed by atoms with Gasteiger partial charge in [-0.2, -0.15) is 13.2 Å². The minimum Gasteiger partial charge on any atom is -0.303 e. The van der Waals surface area contributed by atoms with Crippen molar-refractivity contribution in [3.05, 3.63) is 35.4 Å². The molecule has 1 fully saturated rings. The Kier molecular flexibility index (Phi) is 4.50. The van der Waals surface area contributed by atoms with Gasteiger partial charge < -0.3 is 4.90 Å². The van der Waals surface area contributed by atoms with Gasteiger partial charge >= 0.3 is 6.18 Å². The van der Waals surface area contributed by atoms with Crippen molar-refractivity contribution in [3.63, 3.8) is 0 Å². The van der Waals surface area contributed by atoms with Crippen LogP contribution in [0.5, 0.6) is 0 Å². The summed E-state index contributed by atoms with van der Waals surface area (Å²) in [6.45, 7) is 5.53. The lowest BCUT2D eigenvalue weighted by molar-refractivity contribution is -0.137. The fourth-order valence-electron chi connectivity index (χ4n) is 2.70. The molecule has 1 heterocycles. The molecule has 2 rings (SSSR count). The summed E-state index contributed by atoms with van der Waals surface area (Å²) >= 11 is 0. The highest BCUT2D eigenvalue weighted by molar-refractivity contribution is 5.24. The van der Waals surface area contributed by atoms with Crippen LogP contribution in [-0.4, -0.2) is 24.5 Å². The van der Waals surface area contributed by atoms with Gasteiger partial charge in [-0.3, -0.25) is 0 Å². The molecule has 0 radical (unpaired) electrons. The van der Waals surface area contributed by atoms with Crippen LogP contribution in [0.25, 0.3) is 0 Å². The summed E-state index contributed by atoms with van der Waals surface area (Å²) in [6.07, 6.45) is -0.853. The average Bonchev–Trinajstić information content (AvgIpc) is 2.81. The van der Waals surface area contributed by atoms with Gasteiger partial charge in [-0.05, 0) is 56.0 Å². The number of benzene rings is 1. The van der Waals surface area contributed by atoms with E-state index in [-0.39, 0.29) is 0 Å². The van der Waals surface area contributed by atoms with E-state index >= 15 is 0 Å². The van der Waals surface area contributed by atoms with Crippen molar-refractivity contribution >= 4 is 0 Å². The first-order valence-corrected chi connectivity index (χ1v) is 6.83. The van der Waals surface area contributed by atoms with E-state index in [4.69, 9.17) is 0 Å². The molecular weight excluding hydrogens is 251 g/mol. The quantitative estimate of drug-likeness (QED) is 0.800. The molecule has 1 aromatic carbocycles. The number of halogens is 3. The van der Waals surface area contributed by atoms with Crippen molar-refractivity contribution in [2.75, 3.05) is 19.6 Å². The van der Waals surface area contributed by atoms with Crippen LogP contribution in [-0.2, 0) is 12.6 Å². The minimum atomic E-state index is -4.24. The van der Waals surface area contributed by atoms with Crippen LogP contribution >= 0.6 is 0 Å². The Labute approximate surface area is 112 Å². The van der Waals surface area contributed by atoms with Gasteiger partial charge in [0.05, 0.1) is 5.56 Å². The highest BCUT2D eigenvalue weighted by atomic mass is 19.4. The minimum absolute atomic E-state index is 0.481. The van der Waals surface area contributed by atoms with Crippen molar-refractivity contribution in [2.24, 2.45) is 5.92 Å². The Morgan fingerprint density at radius 3 is 2.21 bits per heavy atom. The SMILES string of the molecule is CC(Cc1ccc(C(F)(F)F)cc1)CN1CCCC1. The number of hydrogen-bond donors (Lipinski definition) is 0. The Hall–Kier alpha value is -1.03. The van der Waals surface area contributed by atoms with Gasteiger partial charge in [0.25, 0.3) is 0 Å². The molecule has 0 aliphatic carbocycles. The third kappa shape index (κ3) is 4.23. The second kappa shape index (κ2) is 5.95. The van der Waals surface area contributed by atoms with Crippen molar-refractivity contribution < 1.29 is 13.2 Å². The summed E-state index contributed by atoms with van der Waals surface area (Å²) in [5, 5.41) is 0. The van der Waals surface area contributed by atoms with E-state index in [1.54, 1.807) is 12.1 Å². The molecule has 0 spiro atoms. The molecular formula is C15H20F3N. The van der Waals surface area contributed by atoms with Crippen LogP contribution in [0.2, 0.25) is 0 Å². The molecule has 4 heteroatoms. The standard InChI is InChI=1S/C15H20F3N/c1-12(11-19-8-2-3-9-19)10-13-4-6-14(7-5-13)15(16,17)18/h4-7,12H,2-3,8-11H2,1H3. The largest absolute Gasteiger partial charge is 0.416 e. The summed E-state index contributed by atoms with van der Waals surface area (Å²) in [6, 6.07) is 5.56. The van der Waals surface area contributed by atoms with E-state index in [9.17, 15) is 13.2 Å². The number of rotatable bonds is 4. The maximum Gasteiger partial charge on any atom is 0.416 e. The molecule has 1 saturated heterocycles. The van der Waals surface area contributed by atoms with E-state index < -0.39 is 11.7 Å². The molecule has 1 nitrogen and oxygen atoms in total. The Balaban J connectivity index is 1.88. The highest BCUT2D eigenvalue weighted by Gasteiger charge is 2.29.